The number of Topliss-reactive ketones (excluding diaryl/α,β-unsaturated/α-hetero) is 1. The fourth-order valence-corrected chi connectivity index (χ4v) is 1.30. The molecule has 0 atom stereocenters. The van der Waals surface area contributed by atoms with E-state index < -0.39 is 5.97 Å². The highest BCUT2D eigenvalue weighted by atomic mass is 16.4. The Morgan fingerprint density at radius 3 is 2.29 bits per heavy atom. The summed E-state index contributed by atoms with van der Waals surface area (Å²) in [7, 11) is 0. The highest BCUT2D eigenvalue weighted by Gasteiger charge is 2.07. The molecule has 0 heterocycles. The summed E-state index contributed by atoms with van der Waals surface area (Å²) in [6.07, 6.45) is 3.50. The SMILES string of the molecule is O=CC=Cc1ccc(C(=O)CCC(=O)O)cc1. The largest absolute Gasteiger partial charge is 0.481 e. The number of benzene rings is 1. The third kappa shape index (κ3) is 4.42. The minimum absolute atomic E-state index is 0.00113. The van der Waals surface area contributed by atoms with E-state index in [2.05, 4.69) is 0 Å². The van der Waals surface area contributed by atoms with E-state index >= 15 is 0 Å². The van der Waals surface area contributed by atoms with Gasteiger partial charge in [-0.1, -0.05) is 30.3 Å². The van der Waals surface area contributed by atoms with Crippen molar-refractivity contribution in [3.63, 3.8) is 0 Å². The number of carboxylic acids is 1. The molecule has 0 radical (unpaired) electrons. The number of hydrogen-bond donors (Lipinski definition) is 1. The van der Waals surface area contributed by atoms with Crippen molar-refractivity contribution in [2.75, 3.05) is 0 Å². The van der Waals surface area contributed by atoms with Gasteiger partial charge in [-0.3, -0.25) is 14.4 Å². The number of allylic oxidation sites excluding steroid dienone is 1. The average molecular weight is 232 g/mol. The van der Waals surface area contributed by atoms with Crippen LogP contribution in [0.1, 0.15) is 28.8 Å². The van der Waals surface area contributed by atoms with Crippen molar-refractivity contribution in [2.45, 2.75) is 12.8 Å². The number of carboxylic acid groups (broad SMARTS) is 1. The van der Waals surface area contributed by atoms with E-state index in [0.29, 0.717) is 11.8 Å². The lowest BCUT2D eigenvalue weighted by Crippen LogP contribution is -2.03. The first kappa shape index (κ1) is 12.8. The van der Waals surface area contributed by atoms with Gasteiger partial charge in [0.25, 0.3) is 0 Å². The molecule has 0 saturated heterocycles. The first-order valence-electron chi connectivity index (χ1n) is 5.10. The fourth-order valence-electron chi connectivity index (χ4n) is 1.30. The molecule has 0 spiro atoms. The van der Waals surface area contributed by atoms with Crippen LogP contribution in [0, 0.1) is 0 Å². The molecule has 0 aliphatic rings. The standard InChI is InChI=1S/C13H12O4/c14-9-1-2-10-3-5-11(6-4-10)12(15)7-8-13(16)17/h1-6,9H,7-8H2,(H,16,17). The molecular weight excluding hydrogens is 220 g/mol. The molecule has 0 fully saturated rings. The van der Waals surface area contributed by atoms with Gasteiger partial charge in [0, 0.05) is 12.0 Å². The van der Waals surface area contributed by atoms with E-state index in [-0.39, 0.29) is 18.6 Å². The van der Waals surface area contributed by atoms with Crippen LogP contribution in [0.2, 0.25) is 0 Å². The minimum atomic E-state index is -0.983. The third-order valence-electron chi connectivity index (χ3n) is 2.17. The summed E-state index contributed by atoms with van der Waals surface area (Å²) < 4.78 is 0. The lowest BCUT2D eigenvalue weighted by Gasteiger charge is -1.99. The quantitative estimate of drug-likeness (QED) is 0.462. The van der Waals surface area contributed by atoms with Crippen molar-refractivity contribution in [2.24, 2.45) is 0 Å². The summed E-state index contributed by atoms with van der Waals surface area (Å²) in [5.41, 5.74) is 1.29. The van der Waals surface area contributed by atoms with Crippen molar-refractivity contribution in [1.29, 1.82) is 0 Å². The Kier molecular flexibility index (Phi) is 4.81. The van der Waals surface area contributed by atoms with Crippen LogP contribution in [-0.4, -0.2) is 23.1 Å². The zero-order chi connectivity index (χ0) is 12.7. The summed E-state index contributed by atoms with van der Waals surface area (Å²) in [6, 6.07) is 6.64. The smallest absolute Gasteiger partial charge is 0.303 e. The molecule has 0 bridgehead atoms. The number of hydrogen-bond acceptors (Lipinski definition) is 3. The first-order valence-corrected chi connectivity index (χ1v) is 5.10. The van der Waals surface area contributed by atoms with Crippen LogP contribution >= 0.6 is 0 Å². The normalized spacial score (nSPS) is 10.4. The molecule has 1 aromatic rings. The molecule has 0 saturated carbocycles. The number of carbonyl (C=O) groups is 3. The van der Waals surface area contributed by atoms with Gasteiger partial charge >= 0.3 is 5.97 Å². The number of aldehydes is 1. The summed E-state index contributed by atoms with van der Waals surface area (Å²) in [6.45, 7) is 0. The Hall–Kier alpha value is -2.23. The van der Waals surface area contributed by atoms with Gasteiger partial charge in [-0.15, -0.1) is 0 Å². The van der Waals surface area contributed by atoms with E-state index in [9.17, 15) is 14.4 Å². The number of carbonyl (C=O) groups excluding carboxylic acids is 2. The van der Waals surface area contributed by atoms with Gasteiger partial charge < -0.3 is 5.11 Å². The predicted molar refractivity (Wildman–Crippen MR) is 62.7 cm³/mol. The molecule has 0 aliphatic heterocycles. The zero-order valence-corrected chi connectivity index (χ0v) is 9.13. The van der Waals surface area contributed by atoms with E-state index in [1.165, 1.54) is 6.08 Å². The molecule has 0 unspecified atom stereocenters. The predicted octanol–water partition coefficient (Wildman–Crippen LogP) is 1.95. The molecule has 88 valence electrons. The van der Waals surface area contributed by atoms with Crippen molar-refractivity contribution >= 4 is 24.1 Å². The zero-order valence-electron chi connectivity index (χ0n) is 9.13. The second kappa shape index (κ2) is 6.37. The Labute approximate surface area is 98.6 Å². The van der Waals surface area contributed by atoms with Crippen LogP contribution in [0.3, 0.4) is 0 Å². The van der Waals surface area contributed by atoms with Gasteiger partial charge in [-0.25, -0.2) is 0 Å². The molecule has 0 aromatic heterocycles. The molecular formula is C13H12O4. The van der Waals surface area contributed by atoms with Crippen LogP contribution in [-0.2, 0) is 9.59 Å². The van der Waals surface area contributed by atoms with Crippen molar-refractivity contribution in [1.82, 2.24) is 0 Å². The maximum Gasteiger partial charge on any atom is 0.303 e. The van der Waals surface area contributed by atoms with Crippen molar-refractivity contribution < 1.29 is 19.5 Å². The Balaban J connectivity index is 2.66. The molecule has 0 aliphatic carbocycles. The number of rotatable bonds is 6. The molecule has 4 nitrogen and oxygen atoms in total. The highest BCUT2D eigenvalue weighted by Crippen LogP contribution is 2.09. The second-order valence-corrected chi connectivity index (χ2v) is 3.43. The summed E-state index contributed by atoms with van der Waals surface area (Å²) in [4.78, 5) is 32.0. The second-order valence-electron chi connectivity index (χ2n) is 3.43. The maximum atomic E-state index is 11.5. The fraction of sp³-hybridized carbons (Fsp3) is 0.154. The molecule has 1 N–H and O–H groups in total. The average Bonchev–Trinajstić information content (AvgIpc) is 2.34. The molecule has 0 amide bonds. The van der Waals surface area contributed by atoms with Crippen LogP contribution in [0.15, 0.2) is 30.3 Å². The minimum Gasteiger partial charge on any atom is -0.481 e. The van der Waals surface area contributed by atoms with Crippen molar-refractivity contribution in [3.8, 4) is 0 Å². The van der Waals surface area contributed by atoms with Gasteiger partial charge in [-0.2, -0.15) is 0 Å². The van der Waals surface area contributed by atoms with Crippen molar-refractivity contribution in [3.05, 3.63) is 41.5 Å². The number of ketones is 1. The summed E-state index contributed by atoms with van der Waals surface area (Å²) in [5.74, 6) is -1.18. The summed E-state index contributed by atoms with van der Waals surface area (Å²) in [5, 5.41) is 8.46. The Morgan fingerprint density at radius 2 is 1.76 bits per heavy atom. The van der Waals surface area contributed by atoms with E-state index in [1.807, 2.05) is 0 Å². The van der Waals surface area contributed by atoms with Gasteiger partial charge in [0.15, 0.2) is 5.78 Å². The summed E-state index contributed by atoms with van der Waals surface area (Å²) >= 11 is 0. The first-order chi connectivity index (χ1) is 8.13. The lowest BCUT2D eigenvalue weighted by molar-refractivity contribution is -0.136. The monoisotopic (exact) mass is 232 g/mol. The Morgan fingerprint density at radius 1 is 1.12 bits per heavy atom. The van der Waals surface area contributed by atoms with Crippen LogP contribution < -0.4 is 0 Å². The number of aliphatic carboxylic acids is 1. The maximum absolute atomic E-state index is 11.5. The van der Waals surface area contributed by atoms with Gasteiger partial charge in [0.05, 0.1) is 6.42 Å². The Bertz CT molecular complexity index is 443. The van der Waals surface area contributed by atoms with E-state index in [1.54, 1.807) is 30.3 Å². The van der Waals surface area contributed by atoms with Gasteiger partial charge in [0.1, 0.15) is 6.29 Å². The van der Waals surface area contributed by atoms with Crippen LogP contribution in [0.25, 0.3) is 6.08 Å². The van der Waals surface area contributed by atoms with Crippen LogP contribution in [0.5, 0.6) is 0 Å². The third-order valence-corrected chi connectivity index (χ3v) is 2.17. The van der Waals surface area contributed by atoms with Gasteiger partial charge in [0.2, 0.25) is 0 Å². The topological polar surface area (TPSA) is 71.4 Å². The molecule has 1 rings (SSSR count). The lowest BCUT2D eigenvalue weighted by atomic mass is 10.0. The molecule has 1 aromatic carbocycles. The van der Waals surface area contributed by atoms with E-state index in [4.69, 9.17) is 5.11 Å². The molecule has 17 heavy (non-hydrogen) atoms. The highest BCUT2D eigenvalue weighted by molar-refractivity contribution is 5.97. The molecule has 4 heteroatoms. The van der Waals surface area contributed by atoms with Gasteiger partial charge in [-0.05, 0) is 11.6 Å². The van der Waals surface area contributed by atoms with Crippen LogP contribution in [0.4, 0.5) is 0 Å². The van der Waals surface area contributed by atoms with E-state index in [0.717, 1.165) is 5.56 Å².